The number of hydrogen-bond acceptors (Lipinski definition) is 5. The first-order chi connectivity index (χ1) is 9.15. The van der Waals surface area contributed by atoms with Gasteiger partial charge in [0.15, 0.2) is 5.65 Å². The van der Waals surface area contributed by atoms with Gasteiger partial charge in [-0.05, 0) is 13.8 Å². The average Bonchev–Trinajstić information content (AvgIpc) is 2.94. The van der Waals surface area contributed by atoms with Crippen molar-refractivity contribution in [2.75, 3.05) is 5.32 Å². The number of aromatic nitrogens is 6. The van der Waals surface area contributed by atoms with Crippen molar-refractivity contribution in [3.05, 3.63) is 29.7 Å². The van der Waals surface area contributed by atoms with Crippen molar-refractivity contribution in [3.8, 4) is 0 Å². The van der Waals surface area contributed by atoms with E-state index in [-0.39, 0.29) is 0 Å². The molecule has 0 aliphatic rings. The Morgan fingerprint density at radius 2 is 2.16 bits per heavy atom. The fourth-order valence-corrected chi connectivity index (χ4v) is 2.00. The molecule has 0 atom stereocenters. The van der Waals surface area contributed by atoms with Crippen molar-refractivity contribution in [2.24, 2.45) is 7.05 Å². The summed E-state index contributed by atoms with van der Waals surface area (Å²) in [6.45, 7) is 4.49. The monoisotopic (exact) mass is 257 g/mol. The minimum Gasteiger partial charge on any atom is -0.364 e. The van der Waals surface area contributed by atoms with Gasteiger partial charge in [-0.3, -0.25) is 4.68 Å². The topological polar surface area (TPSA) is 84.3 Å². The maximum Gasteiger partial charge on any atom is 0.163 e. The summed E-state index contributed by atoms with van der Waals surface area (Å²) in [5, 5.41) is 8.43. The van der Waals surface area contributed by atoms with Gasteiger partial charge in [0.05, 0.1) is 30.1 Å². The number of rotatable bonds is 3. The number of hydrogen-bond donors (Lipinski definition) is 2. The highest BCUT2D eigenvalue weighted by Gasteiger charge is 2.10. The smallest absolute Gasteiger partial charge is 0.163 e. The number of H-pyrrole nitrogens is 1. The van der Waals surface area contributed by atoms with E-state index >= 15 is 0 Å². The molecule has 2 N–H and O–H groups in total. The standard InChI is InChI=1S/C12H15N7/c1-7-10(15-6-14-7)5-13-11-9-4-16-19(3)12(9)18-8(2)17-11/h4,6H,5H2,1-3H3,(H,14,15)(H,13,17,18). The lowest BCUT2D eigenvalue weighted by Crippen LogP contribution is -2.05. The number of nitrogens with zero attached hydrogens (tertiary/aromatic N) is 5. The molecule has 0 saturated carbocycles. The van der Waals surface area contributed by atoms with Gasteiger partial charge < -0.3 is 10.3 Å². The first-order valence-electron chi connectivity index (χ1n) is 6.04. The van der Waals surface area contributed by atoms with Crippen molar-refractivity contribution in [2.45, 2.75) is 20.4 Å². The van der Waals surface area contributed by atoms with Gasteiger partial charge in [0, 0.05) is 12.7 Å². The number of imidazole rings is 1. The third-order valence-corrected chi connectivity index (χ3v) is 3.06. The number of nitrogens with one attached hydrogen (secondary N) is 2. The normalized spacial score (nSPS) is 11.1. The Bertz CT molecular complexity index is 725. The third kappa shape index (κ3) is 2.03. The molecule has 0 saturated heterocycles. The van der Waals surface area contributed by atoms with Crippen LogP contribution in [0.25, 0.3) is 11.0 Å². The van der Waals surface area contributed by atoms with Crippen LogP contribution in [0.5, 0.6) is 0 Å². The SMILES string of the molecule is Cc1nc(NCc2nc[nH]c2C)c2cnn(C)c2n1. The first kappa shape index (κ1) is 11.6. The fourth-order valence-electron chi connectivity index (χ4n) is 2.00. The highest BCUT2D eigenvalue weighted by atomic mass is 15.3. The first-order valence-corrected chi connectivity index (χ1v) is 6.04. The molecule has 19 heavy (non-hydrogen) atoms. The van der Waals surface area contributed by atoms with Gasteiger partial charge in [0.25, 0.3) is 0 Å². The van der Waals surface area contributed by atoms with Crippen LogP contribution in [0.2, 0.25) is 0 Å². The molecule has 3 aromatic heterocycles. The number of fused-ring (bicyclic) bond motifs is 1. The molecular formula is C12H15N7. The van der Waals surface area contributed by atoms with E-state index in [1.807, 2.05) is 20.9 Å². The zero-order valence-corrected chi connectivity index (χ0v) is 11.1. The van der Waals surface area contributed by atoms with Crippen molar-refractivity contribution in [1.82, 2.24) is 29.7 Å². The predicted molar refractivity (Wildman–Crippen MR) is 71.7 cm³/mol. The van der Waals surface area contributed by atoms with Crippen LogP contribution in [0.3, 0.4) is 0 Å². The second-order valence-electron chi connectivity index (χ2n) is 4.45. The maximum absolute atomic E-state index is 4.43. The van der Waals surface area contributed by atoms with Gasteiger partial charge in [-0.15, -0.1) is 0 Å². The molecule has 3 aromatic rings. The van der Waals surface area contributed by atoms with Crippen molar-refractivity contribution >= 4 is 16.9 Å². The van der Waals surface area contributed by atoms with E-state index in [1.54, 1.807) is 17.2 Å². The molecule has 3 rings (SSSR count). The second kappa shape index (κ2) is 4.34. The number of anilines is 1. The van der Waals surface area contributed by atoms with Crippen LogP contribution in [-0.2, 0) is 13.6 Å². The largest absolute Gasteiger partial charge is 0.364 e. The van der Waals surface area contributed by atoms with E-state index in [0.717, 1.165) is 34.1 Å². The predicted octanol–water partition coefficient (Wildman–Crippen LogP) is 1.32. The molecule has 98 valence electrons. The molecule has 0 bridgehead atoms. The van der Waals surface area contributed by atoms with Crippen molar-refractivity contribution in [1.29, 1.82) is 0 Å². The number of aromatic amines is 1. The molecule has 0 unspecified atom stereocenters. The molecule has 0 aromatic carbocycles. The highest BCUT2D eigenvalue weighted by Crippen LogP contribution is 2.19. The Labute approximate surface area is 110 Å². The Morgan fingerprint density at radius 1 is 1.32 bits per heavy atom. The molecule has 0 radical (unpaired) electrons. The van der Waals surface area contributed by atoms with E-state index in [1.165, 1.54) is 0 Å². The summed E-state index contributed by atoms with van der Waals surface area (Å²) in [4.78, 5) is 16.1. The summed E-state index contributed by atoms with van der Waals surface area (Å²) in [5.41, 5.74) is 2.86. The highest BCUT2D eigenvalue weighted by molar-refractivity contribution is 5.86. The van der Waals surface area contributed by atoms with Gasteiger partial charge in [-0.1, -0.05) is 0 Å². The average molecular weight is 257 g/mol. The lowest BCUT2D eigenvalue weighted by molar-refractivity contribution is 0.783. The van der Waals surface area contributed by atoms with Crippen LogP contribution in [0, 0.1) is 13.8 Å². The summed E-state index contributed by atoms with van der Waals surface area (Å²) in [6, 6.07) is 0. The van der Waals surface area contributed by atoms with Gasteiger partial charge in [0.1, 0.15) is 11.6 Å². The quantitative estimate of drug-likeness (QED) is 0.739. The molecule has 7 heteroatoms. The summed E-state index contributed by atoms with van der Waals surface area (Å²) in [5.74, 6) is 1.51. The molecule has 3 heterocycles. The lowest BCUT2D eigenvalue weighted by atomic mass is 10.3. The third-order valence-electron chi connectivity index (χ3n) is 3.06. The molecule has 0 amide bonds. The minimum absolute atomic E-state index is 0.621. The lowest BCUT2D eigenvalue weighted by Gasteiger charge is -2.06. The molecule has 0 aliphatic heterocycles. The zero-order valence-electron chi connectivity index (χ0n) is 11.1. The number of aryl methyl sites for hydroxylation is 3. The Balaban J connectivity index is 1.94. The van der Waals surface area contributed by atoms with Crippen LogP contribution in [0.15, 0.2) is 12.5 Å². The second-order valence-corrected chi connectivity index (χ2v) is 4.45. The molecule has 7 nitrogen and oxygen atoms in total. The summed E-state index contributed by atoms with van der Waals surface area (Å²) in [6.07, 6.45) is 3.46. The molecule has 0 fully saturated rings. The van der Waals surface area contributed by atoms with Crippen LogP contribution in [0.1, 0.15) is 17.2 Å². The fraction of sp³-hybridized carbons (Fsp3) is 0.333. The minimum atomic E-state index is 0.621. The molecule has 0 spiro atoms. The molecular weight excluding hydrogens is 242 g/mol. The van der Waals surface area contributed by atoms with Gasteiger partial charge >= 0.3 is 0 Å². The van der Waals surface area contributed by atoms with Gasteiger partial charge in [-0.2, -0.15) is 5.10 Å². The summed E-state index contributed by atoms with van der Waals surface area (Å²) >= 11 is 0. The van der Waals surface area contributed by atoms with Crippen LogP contribution in [0.4, 0.5) is 5.82 Å². The van der Waals surface area contributed by atoms with E-state index in [4.69, 9.17) is 0 Å². The van der Waals surface area contributed by atoms with Crippen LogP contribution < -0.4 is 5.32 Å². The van der Waals surface area contributed by atoms with E-state index in [2.05, 4.69) is 30.4 Å². The van der Waals surface area contributed by atoms with Crippen LogP contribution in [-0.4, -0.2) is 29.7 Å². The molecule has 0 aliphatic carbocycles. The Morgan fingerprint density at radius 3 is 2.89 bits per heavy atom. The Hall–Kier alpha value is -2.44. The van der Waals surface area contributed by atoms with Gasteiger partial charge in [-0.25, -0.2) is 15.0 Å². The zero-order chi connectivity index (χ0) is 13.4. The van der Waals surface area contributed by atoms with Crippen LogP contribution >= 0.6 is 0 Å². The van der Waals surface area contributed by atoms with E-state index < -0.39 is 0 Å². The van der Waals surface area contributed by atoms with Crippen molar-refractivity contribution in [3.63, 3.8) is 0 Å². The Kier molecular flexibility index (Phi) is 2.66. The van der Waals surface area contributed by atoms with E-state index in [9.17, 15) is 0 Å². The van der Waals surface area contributed by atoms with Gasteiger partial charge in [0.2, 0.25) is 0 Å². The van der Waals surface area contributed by atoms with E-state index in [0.29, 0.717) is 6.54 Å². The van der Waals surface area contributed by atoms with Crippen molar-refractivity contribution < 1.29 is 0 Å². The maximum atomic E-state index is 4.43. The summed E-state index contributed by atoms with van der Waals surface area (Å²) in [7, 11) is 1.87. The summed E-state index contributed by atoms with van der Waals surface area (Å²) < 4.78 is 1.75.